The summed E-state index contributed by atoms with van der Waals surface area (Å²) in [5, 5.41) is 14.9. The molecule has 4 saturated heterocycles. The summed E-state index contributed by atoms with van der Waals surface area (Å²) in [5.41, 5.74) is 1.57. The van der Waals surface area contributed by atoms with Crippen molar-refractivity contribution < 1.29 is 19.0 Å². The molecule has 0 amide bonds. The van der Waals surface area contributed by atoms with Crippen molar-refractivity contribution in [3.05, 3.63) is 70.2 Å². The first-order valence-electron chi connectivity index (χ1n) is 15.7. The van der Waals surface area contributed by atoms with E-state index in [0.29, 0.717) is 35.3 Å². The summed E-state index contributed by atoms with van der Waals surface area (Å²) in [7, 11) is 0. The number of fused-ring (bicyclic) bond motifs is 3. The van der Waals surface area contributed by atoms with Gasteiger partial charge in [0.15, 0.2) is 5.82 Å². The number of aromatic nitrogens is 2. The maximum atomic E-state index is 16.2. The van der Waals surface area contributed by atoms with Crippen LogP contribution in [0.15, 0.2) is 48.2 Å². The second-order valence-electron chi connectivity index (χ2n) is 12.7. The van der Waals surface area contributed by atoms with Crippen molar-refractivity contribution in [3.8, 4) is 6.01 Å². The van der Waals surface area contributed by atoms with Gasteiger partial charge in [0.1, 0.15) is 17.1 Å². The molecular formula is C34H39ClFN5O3. The van der Waals surface area contributed by atoms with Gasteiger partial charge in [-0.15, -0.1) is 0 Å². The molecule has 8 nitrogen and oxygen atoms in total. The van der Waals surface area contributed by atoms with Gasteiger partial charge in [0, 0.05) is 48.1 Å². The zero-order valence-corrected chi connectivity index (χ0v) is 25.6. The van der Waals surface area contributed by atoms with Crippen molar-refractivity contribution in [1.29, 1.82) is 0 Å². The summed E-state index contributed by atoms with van der Waals surface area (Å²) in [5.74, 6) is 0.0704. The zero-order chi connectivity index (χ0) is 30.1. The second-order valence-corrected chi connectivity index (χ2v) is 13.1. The normalized spacial score (nSPS) is 23.5. The van der Waals surface area contributed by atoms with Gasteiger partial charge in [-0.2, -0.15) is 9.97 Å². The third-order valence-electron chi connectivity index (χ3n) is 9.51. The largest absolute Gasteiger partial charge is 0.508 e. The number of anilines is 1. The number of aliphatic hydroxyl groups is 1. The Kier molecular flexibility index (Phi) is 8.46. The zero-order valence-electron chi connectivity index (χ0n) is 24.9. The number of halogens is 2. The fourth-order valence-corrected chi connectivity index (χ4v) is 7.18. The van der Waals surface area contributed by atoms with Crippen LogP contribution in [-0.4, -0.2) is 84.6 Å². The smallest absolute Gasteiger partial charge is 0.319 e. The van der Waals surface area contributed by atoms with Crippen LogP contribution in [0.4, 0.5) is 10.2 Å². The lowest BCUT2D eigenvalue weighted by Crippen LogP contribution is -2.51. The first-order chi connectivity index (χ1) is 21.4. The molecule has 2 aromatic carbocycles. The summed E-state index contributed by atoms with van der Waals surface area (Å²) < 4.78 is 27.7. The number of hydrogen-bond donors (Lipinski definition) is 2. The van der Waals surface area contributed by atoms with Crippen molar-refractivity contribution >= 4 is 40.5 Å². The monoisotopic (exact) mass is 619 g/mol. The van der Waals surface area contributed by atoms with Crippen molar-refractivity contribution in [2.75, 3.05) is 57.4 Å². The molecule has 1 spiro atoms. The molecule has 0 aliphatic carbocycles. The standard InChI is InChI=1S/C34H39ClFN5O3/c35-29-18-28-31(30(36)27(29)10-9-26(42)17-23-5-2-1-3-6-23)38-33(39-32(28)41-19-24-7-8-25(20-41)37-24)44-16-4-13-40-14-11-34(12-15-40)21-43-22-34/h1-3,5-6,9-10,17-18,24-25,37,42H,4,7-8,11-16,19-22H2/b10-9+,26-17+. The van der Waals surface area contributed by atoms with E-state index >= 15 is 4.39 Å². The van der Waals surface area contributed by atoms with Crippen LogP contribution in [0.2, 0.25) is 5.02 Å². The van der Waals surface area contributed by atoms with Crippen molar-refractivity contribution in [3.63, 3.8) is 0 Å². The molecule has 4 aliphatic heterocycles. The van der Waals surface area contributed by atoms with E-state index in [9.17, 15) is 5.11 Å². The molecule has 2 N–H and O–H groups in total. The highest BCUT2D eigenvalue weighted by Gasteiger charge is 2.41. The predicted molar refractivity (Wildman–Crippen MR) is 172 cm³/mol. The summed E-state index contributed by atoms with van der Waals surface area (Å²) in [6.07, 6.45) is 9.98. The van der Waals surface area contributed by atoms with E-state index in [-0.39, 0.29) is 27.9 Å². The average Bonchev–Trinajstić information content (AvgIpc) is 3.36. The Morgan fingerprint density at radius 2 is 1.89 bits per heavy atom. The molecule has 232 valence electrons. The lowest BCUT2D eigenvalue weighted by Gasteiger charge is -2.47. The molecule has 2 atom stereocenters. The van der Waals surface area contributed by atoms with Crippen LogP contribution in [0, 0.1) is 11.2 Å². The van der Waals surface area contributed by atoms with Crippen LogP contribution in [0.5, 0.6) is 6.01 Å². The fourth-order valence-electron chi connectivity index (χ4n) is 6.92. The van der Waals surface area contributed by atoms with Crippen molar-refractivity contribution in [2.45, 2.75) is 44.2 Å². The van der Waals surface area contributed by atoms with E-state index in [4.69, 9.17) is 26.1 Å². The van der Waals surface area contributed by atoms with Gasteiger partial charge in [-0.25, -0.2) is 4.39 Å². The number of aliphatic hydroxyl groups excluding tert-OH is 1. The Bertz CT molecular complexity index is 1540. The molecule has 2 bridgehead atoms. The van der Waals surface area contributed by atoms with E-state index in [1.165, 1.54) is 25.0 Å². The van der Waals surface area contributed by atoms with Gasteiger partial charge >= 0.3 is 6.01 Å². The SMILES string of the molecule is OC(/C=C/c1c(Cl)cc2c(N3CC4CCC(C3)N4)nc(OCCCN3CCC4(CC3)COC4)nc2c1F)=C/c1ccccc1. The third kappa shape index (κ3) is 6.29. The lowest BCUT2D eigenvalue weighted by molar-refractivity contribution is -0.139. The Hall–Kier alpha value is -3.24. The molecule has 5 heterocycles. The Morgan fingerprint density at radius 1 is 1.14 bits per heavy atom. The lowest BCUT2D eigenvalue weighted by atomic mass is 9.77. The molecule has 0 saturated carbocycles. The Morgan fingerprint density at radius 3 is 2.59 bits per heavy atom. The van der Waals surface area contributed by atoms with Gasteiger partial charge in [-0.3, -0.25) is 0 Å². The van der Waals surface area contributed by atoms with Crippen LogP contribution in [-0.2, 0) is 4.74 Å². The molecule has 3 aromatic rings. The van der Waals surface area contributed by atoms with Crippen LogP contribution in [0.25, 0.3) is 23.1 Å². The molecule has 1 aromatic heterocycles. The minimum absolute atomic E-state index is 0.0136. The maximum absolute atomic E-state index is 16.2. The molecule has 4 fully saturated rings. The molecule has 10 heteroatoms. The number of allylic oxidation sites excluding steroid dienone is 1. The summed E-state index contributed by atoms with van der Waals surface area (Å²) in [6, 6.07) is 12.1. The Balaban J connectivity index is 1.12. The number of nitrogens with one attached hydrogen (secondary N) is 1. The van der Waals surface area contributed by atoms with Crippen LogP contribution in [0.1, 0.15) is 43.2 Å². The van der Waals surface area contributed by atoms with E-state index in [0.717, 1.165) is 70.8 Å². The van der Waals surface area contributed by atoms with Gasteiger partial charge < -0.3 is 29.7 Å². The summed E-state index contributed by atoms with van der Waals surface area (Å²) >= 11 is 6.66. The maximum Gasteiger partial charge on any atom is 0.319 e. The quantitative estimate of drug-likeness (QED) is 0.175. The van der Waals surface area contributed by atoms with Gasteiger partial charge in [0.25, 0.3) is 0 Å². The van der Waals surface area contributed by atoms with Gasteiger partial charge in [-0.1, -0.05) is 41.9 Å². The molecular weight excluding hydrogens is 581 g/mol. The summed E-state index contributed by atoms with van der Waals surface area (Å²) in [4.78, 5) is 14.1. The molecule has 44 heavy (non-hydrogen) atoms. The molecule has 4 aliphatic rings. The highest BCUT2D eigenvalue weighted by Crippen LogP contribution is 2.39. The number of hydrogen-bond acceptors (Lipinski definition) is 8. The molecule has 0 radical (unpaired) electrons. The van der Waals surface area contributed by atoms with Gasteiger partial charge in [0.05, 0.1) is 24.8 Å². The number of benzene rings is 2. The van der Waals surface area contributed by atoms with Gasteiger partial charge in [0.2, 0.25) is 0 Å². The summed E-state index contributed by atoms with van der Waals surface area (Å²) in [6.45, 7) is 6.94. The van der Waals surface area contributed by atoms with E-state index < -0.39 is 5.82 Å². The molecule has 2 unspecified atom stereocenters. The van der Waals surface area contributed by atoms with Crippen molar-refractivity contribution in [1.82, 2.24) is 20.2 Å². The highest BCUT2D eigenvalue weighted by molar-refractivity contribution is 6.33. The first-order valence-corrected chi connectivity index (χ1v) is 16.1. The number of likely N-dealkylation sites (tertiary alicyclic amines) is 1. The fraction of sp³-hybridized carbons (Fsp3) is 0.471. The number of rotatable bonds is 9. The van der Waals surface area contributed by atoms with E-state index in [2.05, 4.69) is 20.1 Å². The highest BCUT2D eigenvalue weighted by atomic mass is 35.5. The van der Waals surface area contributed by atoms with Crippen molar-refractivity contribution in [2.24, 2.45) is 5.41 Å². The van der Waals surface area contributed by atoms with Crippen LogP contribution in [0.3, 0.4) is 0 Å². The van der Waals surface area contributed by atoms with E-state index in [1.807, 2.05) is 30.3 Å². The minimum atomic E-state index is -0.565. The average molecular weight is 620 g/mol. The molecule has 7 rings (SSSR count). The van der Waals surface area contributed by atoms with Crippen LogP contribution >= 0.6 is 11.6 Å². The third-order valence-corrected chi connectivity index (χ3v) is 9.82. The Labute approximate surface area is 262 Å². The minimum Gasteiger partial charge on any atom is -0.508 e. The topological polar surface area (TPSA) is 83.0 Å². The first kappa shape index (κ1) is 29.5. The van der Waals surface area contributed by atoms with Crippen LogP contribution < -0.4 is 15.0 Å². The second kappa shape index (κ2) is 12.6. The number of piperidine rings is 1. The van der Waals surface area contributed by atoms with E-state index in [1.54, 1.807) is 12.1 Å². The predicted octanol–water partition coefficient (Wildman–Crippen LogP) is 5.86. The number of ether oxygens (including phenoxy) is 2. The number of piperazine rings is 1. The van der Waals surface area contributed by atoms with Gasteiger partial charge in [-0.05, 0) is 75.1 Å². The number of nitrogens with zero attached hydrogens (tertiary/aromatic N) is 4.